The molecule has 23 heavy (non-hydrogen) atoms. The molecule has 0 N–H and O–H groups in total. The third kappa shape index (κ3) is 2.78. The average Bonchev–Trinajstić information content (AvgIpc) is 3.05. The number of hydrogen-bond donors (Lipinski definition) is 0. The fraction of sp³-hybridized carbons (Fsp3) is 0.100. The number of hydrogen-bond acceptors (Lipinski definition) is 0. The van der Waals surface area contributed by atoms with E-state index in [0.29, 0.717) is 0 Å². The molecule has 1 aliphatic carbocycles. The van der Waals surface area contributed by atoms with Gasteiger partial charge in [0, 0.05) is 38.9 Å². The molecule has 4 rings (SSSR count). The van der Waals surface area contributed by atoms with E-state index in [-0.39, 0.29) is 0 Å². The van der Waals surface area contributed by atoms with Crippen LogP contribution in [0, 0.1) is 11.8 Å². The second-order valence-corrected chi connectivity index (χ2v) is 7.56. The molecule has 0 atom stereocenters. The molecule has 2 aromatic carbocycles. The van der Waals surface area contributed by atoms with E-state index in [9.17, 15) is 0 Å². The third-order valence-electron chi connectivity index (χ3n) is 4.17. The molecule has 0 aliphatic heterocycles. The molecular formula is C20H13Br2N. The highest BCUT2D eigenvalue weighted by Crippen LogP contribution is 2.27. The predicted molar refractivity (Wildman–Crippen MR) is 103 cm³/mol. The first-order valence-corrected chi connectivity index (χ1v) is 8.95. The Morgan fingerprint density at radius 3 is 2.61 bits per heavy atom. The minimum Gasteiger partial charge on any atom is -0.337 e. The lowest BCUT2D eigenvalue weighted by atomic mass is 10.1. The molecule has 0 amide bonds. The molecule has 0 bridgehead atoms. The molecule has 3 aromatic rings. The van der Waals surface area contributed by atoms with E-state index in [1.807, 2.05) is 0 Å². The average molecular weight is 427 g/mol. The summed E-state index contributed by atoms with van der Waals surface area (Å²) in [6.07, 6.45) is 3.11. The van der Waals surface area contributed by atoms with Gasteiger partial charge >= 0.3 is 0 Å². The molecule has 0 saturated carbocycles. The van der Waals surface area contributed by atoms with Gasteiger partial charge in [-0.1, -0.05) is 43.8 Å². The first kappa shape index (κ1) is 14.8. The fourth-order valence-electron chi connectivity index (χ4n) is 2.97. The largest absolute Gasteiger partial charge is 0.337 e. The summed E-state index contributed by atoms with van der Waals surface area (Å²) >= 11 is 7.05. The van der Waals surface area contributed by atoms with Gasteiger partial charge in [0.2, 0.25) is 0 Å². The Bertz CT molecular complexity index is 1030. The van der Waals surface area contributed by atoms with Crippen LogP contribution in [0.15, 0.2) is 57.0 Å². The lowest BCUT2D eigenvalue weighted by Crippen LogP contribution is -1.91. The summed E-state index contributed by atoms with van der Waals surface area (Å²) in [7, 11) is 2.06. The van der Waals surface area contributed by atoms with Gasteiger partial charge in [-0.3, -0.25) is 0 Å². The number of allylic oxidation sites excluding steroid dienone is 1. The topological polar surface area (TPSA) is 4.93 Å². The van der Waals surface area contributed by atoms with Crippen molar-refractivity contribution in [3.05, 3.63) is 73.8 Å². The molecule has 112 valence electrons. The minimum atomic E-state index is 0.922. The molecule has 0 spiro atoms. The Morgan fingerprint density at radius 2 is 1.74 bits per heavy atom. The van der Waals surface area contributed by atoms with Gasteiger partial charge < -0.3 is 4.57 Å². The zero-order valence-electron chi connectivity index (χ0n) is 12.5. The molecule has 3 heteroatoms. The lowest BCUT2D eigenvalue weighted by molar-refractivity contribution is 0.951. The molecule has 0 radical (unpaired) electrons. The SMILES string of the molecule is Cn1c(C#CC2=Cc3cc(Br)ccc3C2)cc2cc(Br)ccc21. The van der Waals surface area contributed by atoms with Crippen LogP contribution in [0.3, 0.4) is 0 Å². The van der Waals surface area contributed by atoms with Crippen molar-refractivity contribution < 1.29 is 0 Å². The van der Waals surface area contributed by atoms with E-state index in [0.717, 1.165) is 21.1 Å². The van der Waals surface area contributed by atoms with Crippen LogP contribution in [-0.4, -0.2) is 4.57 Å². The van der Waals surface area contributed by atoms with Crippen molar-refractivity contribution in [3.8, 4) is 11.8 Å². The van der Waals surface area contributed by atoms with Crippen molar-refractivity contribution in [2.45, 2.75) is 6.42 Å². The number of benzene rings is 2. The maximum absolute atomic E-state index is 3.52. The van der Waals surface area contributed by atoms with Crippen LogP contribution >= 0.6 is 31.9 Å². The number of halogens is 2. The molecule has 0 fully saturated rings. The maximum atomic E-state index is 3.52. The van der Waals surface area contributed by atoms with Crippen LogP contribution in [0.2, 0.25) is 0 Å². The van der Waals surface area contributed by atoms with Crippen molar-refractivity contribution in [3.63, 3.8) is 0 Å². The molecule has 0 unspecified atom stereocenters. The van der Waals surface area contributed by atoms with Crippen molar-refractivity contribution >= 4 is 48.8 Å². The number of nitrogens with zero attached hydrogens (tertiary/aromatic N) is 1. The van der Waals surface area contributed by atoms with Crippen LogP contribution in [0.5, 0.6) is 0 Å². The molecule has 1 aliphatic rings. The number of aromatic nitrogens is 1. The van der Waals surface area contributed by atoms with E-state index in [4.69, 9.17) is 0 Å². The summed E-state index contributed by atoms with van der Waals surface area (Å²) in [5, 5.41) is 1.21. The van der Waals surface area contributed by atoms with Crippen LogP contribution < -0.4 is 0 Å². The first-order chi connectivity index (χ1) is 11.1. The van der Waals surface area contributed by atoms with Gasteiger partial charge in [0.1, 0.15) is 0 Å². The molecule has 1 aromatic heterocycles. The quantitative estimate of drug-likeness (QED) is 0.406. The van der Waals surface area contributed by atoms with Gasteiger partial charge in [-0.25, -0.2) is 0 Å². The predicted octanol–water partition coefficient (Wildman–Crippen LogP) is 5.69. The van der Waals surface area contributed by atoms with Gasteiger partial charge in [0.15, 0.2) is 0 Å². The highest BCUT2D eigenvalue weighted by atomic mass is 79.9. The van der Waals surface area contributed by atoms with Gasteiger partial charge in [-0.15, -0.1) is 0 Å². The van der Waals surface area contributed by atoms with Gasteiger partial charge in [0.05, 0.1) is 5.69 Å². The molecule has 1 heterocycles. The summed E-state index contributed by atoms with van der Waals surface area (Å²) in [5.41, 5.74) is 6.02. The fourth-order valence-corrected chi connectivity index (χ4v) is 3.73. The van der Waals surface area contributed by atoms with Gasteiger partial charge in [0.25, 0.3) is 0 Å². The zero-order chi connectivity index (χ0) is 16.0. The Kier molecular flexibility index (Phi) is 3.67. The number of fused-ring (bicyclic) bond motifs is 2. The summed E-state index contributed by atoms with van der Waals surface area (Å²) < 4.78 is 4.35. The number of rotatable bonds is 0. The van der Waals surface area contributed by atoms with Crippen molar-refractivity contribution in [1.82, 2.24) is 4.57 Å². The zero-order valence-corrected chi connectivity index (χ0v) is 15.7. The summed E-state index contributed by atoms with van der Waals surface area (Å²) in [6.45, 7) is 0. The third-order valence-corrected chi connectivity index (χ3v) is 5.16. The summed E-state index contributed by atoms with van der Waals surface area (Å²) in [6, 6.07) is 14.9. The Hall–Kier alpha value is -1.76. The normalized spacial score (nSPS) is 12.7. The molecule has 0 saturated heterocycles. The van der Waals surface area contributed by atoms with Crippen LogP contribution in [0.4, 0.5) is 0 Å². The highest BCUT2D eigenvalue weighted by Gasteiger charge is 2.11. The molecular weight excluding hydrogens is 414 g/mol. The van der Waals surface area contributed by atoms with Gasteiger partial charge in [-0.05, 0) is 59.5 Å². The Labute approximate surface area is 152 Å². The highest BCUT2D eigenvalue weighted by molar-refractivity contribution is 9.10. The van der Waals surface area contributed by atoms with E-state index in [1.165, 1.54) is 27.6 Å². The smallest absolute Gasteiger partial charge is 0.0931 e. The van der Waals surface area contributed by atoms with Crippen LogP contribution in [0.1, 0.15) is 16.8 Å². The minimum absolute atomic E-state index is 0.922. The number of aryl methyl sites for hydroxylation is 1. The van der Waals surface area contributed by atoms with Crippen molar-refractivity contribution in [2.24, 2.45) is 7.05 Å². The standard InChI is InChI=1S/C20H13Br2N/c1-23-19(12-16-11-18(22)5-7-20(16)23)6-2-13-8-14-3-4-17(21)10-15(14)9-13/h3-5,7,9-12H,8H2,1H3. The molecule has 1 nitrogen and oxygen atoms in total. The van der Waals surface area contributed by atoms with E-state index >= 15 is 0 Å². The van der Waals surface area contributed by atoms with E-state index in [1.54, 1.807) is 0 Å². The monoisotopic (exact) mass is 425 g/mol. The first-order valence-electron chi connectivity index (χ1n) is 7.36. The summed E-state index contributed by atoms with van der Waals surface area (Å²) in [5.74, 6) is 6.67. The van der Waals surface area contributed by atoms with Crippen molar-refractivity contribution in [2.75, 3.05) is 0 Å². The van der Waals surface area contributed by atoms with E-state index < -0.39 is 0 Å². The summed E-state index contributed by atoms with van der Waals surface area (Å²) in [4.78, 5) is 0. The second-order valence-electron chi connectivity index (χ2n) is 5.73. The maximum Gasteiger partial charge on any atom is 0.0931 e. The van der Waals surface area contributed by atoms with E-state index in [2.05, 4.69) is 104 Å². The van der Waals surface area contributed by atoms with Crippen LogP contribution in [0.25, 0.3) is 17.0 Å². The Morgan fingerprint density at radius 1 is 0.957 bits per heavy atom. The van der Waals surface area contributed by atoms with Crippen molar-refractivity contribution in [1.29, 1.82) is 0 Å². The lowest BCUT2D eigenvalue weighted by Gasteiger charge is -1.98. The van der Waals surface area contributed by atoms with Gasteiger partial charge in [-0.2, -0.15) is 0 Å². The Balaban J connectivity index is 1.69. The second kappa shape index (κ2) is 5.70. The van der Waals surface area contributed by atoms with Crippen LogP contribution in [-0.2, 0) is 13.5 Å².